The van der Waals surface area contributed by atoms with E-state index >= 15 is 0 Å². The summed E-state index contributed by atoms with van der Waals surface area (Å²) in [6, 6.07) is 0. The Bertz CT molecular complexity index is 7.51. The molecule has 0 nitrogen and oxygen atoms in total. The Balaban J connectivity index is 0. The van der Waals surface area contributed by atoms with Crippen LogP contribution < -0.4 is 101 Å². The van der Waals surface area contributed by atoms with Crippen molar-refractivity contribution >= 4 is 0 Å². The van der Waals surface area contributed by atoms with Gasteiger partial charge in [0.2, 0.25) is 0 Å². The summed E-state index contributed by atoms with van der Waals surface area (Å²) in [5.41, 5.74) is 0. The van der Waals surface area contributed by atoms with E-state index in [4.69, 9.17) is 0 Å². The van der Waals surface area contributed by atoms with Crippen molar-refractivity contribution in [3.05, 3.63) is 0 Å². The van der Waals surface area contributed by atoms with Gasteiger partial charge in [-0.3, -0.25) is 0 Å². The molecule has 0 aromatic carbocycles. The summed E-state index contributed by atoms with van der Waals surface area (Å²) in [6.45, 7) is 0. The van der Waals surface area contributed by atoms with Gasteiger partial charge in [0.1, 0.15) is 0 Å². The minimum atomic E-state index is 0. The van der Waals surface area contributed by atoms with Crippen molar-refractivity contribution in [2.75, 3.05) is 0 Å². The quantitative estimate of drug-likeness (QED) is 0.343. The van der Waals surface area contributed by atoms with Gasteiger partial charge in [0.05, 0.1) is 0 Å². The Morgan fingerprint density at radius 2 is 0.500 bits per heavy atom. The summed E-state index contributed by atoms with van der Waals surface area (Å²) in [4.78, 5) is 0. The number of hydrogen-bond donors (Lipinski definition) is 0. The Kier molecular flexibility index (Phi) is 319. The van der Waals surface area contributed by atoms with Gasteiger partial charge in [-0.25, -0.2) is 0 Å². The first-order chi connectivity index (χ1) is 0. The van der Waals surface area contributed by atoms with Crippen LogP contribution in [0.2, 0.25) is 0 Å². The third-order valence-corrected chi connectivity index (χ3v) is 0. The Labute approximate surface area is 129 Å². The predicted octanol–water partition coefficient (Wildman–Crippen LogP) is -15.0. The average Bonchev–Trinajstić information content (AvgIpc) is 0. The smallest absolute Gasteiger partial charge is 1.00 e. The molecule has 30 valence electrons. The van der Waals surface area contributed by atoms with Crippen molar-refractivity contribution in [1.29, 1.82) is 0 Å². The maximum atomic E-state index is 0. The maximum Gasteiger partial charge on any atom is 6.00 e. The SMILES string of the molecule is [Cl-].[Cl-].[Cl-].[Cl-].[K+].[U+6]. The monoisotopic (exact) mass is 417 g/mol. The minimum Gasteiger partial charge on any atom is -1.00 e. The van der Waals surface area contributed by atoms with Crippen molar-refractivity contribution in [1.82, 2.24) is 0 Å². The van der Waals surface area contributed by atoms with Gasteiger partial charge in [0, 0.05) is 0 Å². The fourth-order valence-corrected chi connectivity index (χ4v) is 0. The van der Waals surface area contributed by atoms with Crippen LogP contribution in [0.25, 0.3) is 0 Å². The van der Waals surface area contributed by atoms with Crippen LogP contribution in [-0.2, 0) is 0 Å². The van der Waals surface area contributed by atoms with Crippen LogP contribution in [0.1, 0.15) is 0 Å². The van der Waals surface area contributed by atoms with E-state index in [2.05, 4.69) is 0 Å². The molecule has 0 saturated carbocycles. The van der Waals surface area contributed by atoms with E-state index in [1.165, 1.54) is 0 Å². The first kappa shape index (κ1) is 52.1. The largest absolute Gasteiger partial charge is 6.00 e. The summed E-state index contributed by atoms with van der Waals surface area (Å²) >= 11 is 0. The molecule has 0 aliphatic heterocycles. The number of hydrogen-bond acceptors (Lipinski definition) is 0. The van der Waals surface area contributed by atoms with Crippen LogP contribution in [0.3, 0.4) is 0 Å². The molecule has 0 radical (unpaired) electrons. The van der Waals surface area contributed by atoms with Crippen molar-refractivity contribution in [2.45, 2.75) is 0 Å². The van der Waals surface area contributed by atoms with E-state index in [9.17, 15) is 0 Å². The third-order valence-electron chi connectivity index (χ3n) is 0. The summed E-state index contributed by atoms with van der Waals surface area (Å²) in [5.74, 6) is 0. The van der Waals surface area contributed by atoms with E-state index in [0.717, 1.165) is 0 Å². The van der Waals surface area contributed by atoms with Crippen LogP contribution in [0.4, 0.5) is 0 Å². The molecule has 0 saturated heterocycles. The minimum absolute atomic E-state index is 0. The fourth-order valence-electron chi connectivity index (χ4n) is 0. The van der Waals surface area contributed by atoms with Crippen molar-refractivity contribution < 1.29 is 132 Å². The Morgan fingerprint density at radius 3 is 0.500 bits per heavy atom. The first-order valence-corrected chi connectivity index (χ1v) is 0. The molecule has 6 heavy (non-hydrogen) atoms. The second kappa shape index (κ2) is 36.8. The van der Waals surface area contributed by atoms with Gasteiger partial charge in [-0.2, -0.15) is 0 Å². The zero-order valence-corrected chi connectivity index (χ0v) is 13.3. The Hall–Kier alpha value is 3.85. The summed E-state index contributed by atoms with van der Waals surface area (Å²) in [7, 11) is 0. The van der Waals surface area contributed by atoms with E-state index < -0.39 is 0 Å². The molecule has 0 aliphatic rings. The van der Waals surface area contributed by atoms with E-state index in [0.29, 0.717) is 0 Å². The van der Waals surface area contributed by atoms with Crippen LogP contribution in [-0.4, -0.2) is 0 Å². The number of halogens is 4. The molecule has 0 aromatic heterocycles. The first-order valence-electron chi connectivity index (χ1n) is 0. The second-order valence-corrected chi connectivity index (χ2v) is 0. The molecule has 0 spiro atoms. The second-order valence-electron chi connectivity index (χ2n) is 0. The van der Waals surface area contributed by atoms with Crippen LogP contribution in [0.15, 0.2) is 0 Å². The zero-order chi connectivity index (χ0) is 0. The van der Waals surface area contributed by atoms with Gasteiger partial charge in [-0.05, 0) is 0 Å². The molecule has 0 unspecified atom stereocenters. The topological polar surface area (TPSA) is 0 Å². The van der Waals surface area contributed by atoms with E-state index in [1.807, 2.05) is 0 Å². The van der Waals surface area contributed by atoms with Crippen molar-refractivity contribution in [3.8, 4) is 0 Å². The molecule has 0 atom stereocenters. The van der Waals surface area contributed by atoms with Crippen molar-refractivity contribution in [2.24, 2.45) is 0 Å². The molecule has 0 aliphatic carbocycles. The van der Waals surface area contributed by atoms with Crippen molar-refractivity contribution in [3.63, 3.8) is 0 Å². The molecular weight excluding hydrogens is 419 g/mol. The predicted molar refractivity (Wildman–Crippen MR) is 0 cm³/mol. The molecular formula is Cl4KU+3. The fraction of sp³-hybridized carbons (Fsp3) is 0. The molecule has 0 N–H and O–H groups in total. The van der Waals surface area contributed by atoms with E-state index in [-0.39, 0.29) is 132 Å². The van der Waals surface area contributed by atoms with Gasteiger partial charge in [0.25, 0.3) is 0 Å². The maximum absolute atomic E-state index is 0. The summed E-state index contributed by atoms with van der Waals surface area (Å²) in [5, 5.41) is 0. The van der Waals surface area contributed by atoms with Crippen LogP contribution in [0, 0.1) is 31.1 Å². The van der Waals surface area contributed by atoms with Crippen LogP contribution >= 0.6 is 0 Å². The zero-order valence-electron chi connectivity index (χ0n) is 3.01. The van der Waals surface area contributed by atoms with Gasteiger partial charge in [-0.1, -0.05) is 0 Å². The summed E-state index contributed by atoms with van der Waals surface area (Å²) in [6.07, 6.45) is 0. The normalized spacial score (nSPS) is 0. The van der Waals surface area contributed by atoms with Gasteiger partial charge in [-0.15, -0.1) is 0 Å². The van der Waals surface area contributed by atoms with Gasteiger partial charge < -0.3 is 49.6 Å². The molecule has 0 heterocycles. The Morgan fingerprint density at radius 1 is 0.500 bits per heavy atom. The van der Waals surface area contributed by atoms with Gasteiger partial charge >= 0.3 is 82.5 Å². The summed E-state index contributed by atoms with van der Waals surface area (Å²) < 4.78 is 0. The average molecular weight is 419 g/mol. The molecule has 6 heteroatoms. The standard InChI is InChI=1S/4ClH.K.U/h4*1H;;/q;;;;+1;+6/p-4. The van der Waals surface area contributed by atoms with Crippen LogP contribution in [0.5, 0.6) is 0 Å². The molecule has 0 amide bonds. The van der Waals surface area contributed by atoms with Gasteiger partial charge in [0.15, 0.2) is 0 Å². The molecule has 0 bridgehead atoms. The molecule has 0 aromatic rings. The number of rotatable bonds is 0. The molecule has 0 fully saturated rings. The third kappa shape index (κ3) is 24.9. The van der Waals surface area contributed by atoms with E-state index in [1.54, 1.807) is 0 Å². The molecule has 0 rings (SSSR count).